The molecule has 0 bridgehead atoms. The van der Waals surface area contributed by atoms with E-state index in [-0.39, 0.29) is 17.5 Å². The average Bonchev–Trinajstić information content (AvgIpc) is 2.26. The SMILES string of the molecule is CC(=O)N1CCC(C)(NC(=O)OCC(C)C)CC1. The summed E-state index contributed by atoms with van der Waals surface area (Å²) in [6, 6.07) is 0. The van der Waals surface area contributed by atoms with Crippen molar-refractivity contribution in [1.29, 1.82) is 0 Å². The molecule has 1 heterocycles. The van der Waals surface area contributed by atoms with Crippen molar-refractivity contribution in [2.24, 2.45) is 5.92 Å². The quantitative estimate of drug-likeness (QED) is 0.837. The van der Waals surface area contributed by atoms with E-state index in [1.807, 2.05) is 25.7 Å². The lowest BCUT2D eigenvalue weighted by molar-refractivity contribution is -0.130. The van der Waals surface area contributed by atoms with Crippen LogP contribution in [0, 0.1) is 5.92 Å². The molecule has 0 aromatic rings. The van der Waals surface area contributed by atoms with Gasteiger partial charge < -0.3 is 15.0 Å². The molecule has 2 amide bonds. The van der Waals surface area contributed by atoms with Crippen molar-refractivity contribution in [3.8, 4) is 0 Å². The minimum Gasteiger partial charge on any atom is -0.449 e. The Kier molecular flexibility index (Phi) is 4.99. The summed E-state index contributed by atoms with van der Waals surface area (Å²) in [6.45, 7) is 9.39. The summed E-state index contributed by atoms with van der Waals surface area (Å²) >= 11 is 0. The van der Waals surface area contributed by atoms with Gasteiger partial charge in [-0.2, -0.15) is 0 Å². The summed E-state index contributed by atoms with van der Waals surface area (Å²) in [6.07, 6.45) is 1.18. The average molecular weight is 256 g/mol. The predicted octanol–water partition coefficient (Wildman–Crippen LogP) is 1.77. The number of piperidine rings is 1. The highest BCUT2D eigenvalue weighted by molar-refractivity contribution is 5.73. The zero-order valence-electron chi connectivity index (χ0n) is 11.8. The molecule has 0 aromatic heterocycles. The predicted molar refractivity (Wildman–Crippen MR) is 69.2 cm³/mol. The maximum atomic E-state index is 11.6. The number of carbonyl (C=O) groups is 2. The summed E-state index contributed by atoms with van der Waals surface area (Å²) in [5.74, 6) is 0.433. The van der Waals surface area contributed by atoms with Crippen molar-refractivity contribution < 1.29 is 14.3 Å². The van der Waals surface area contributed by atoms with E-state index in [1.165, 1.54) is 0 Å². The van der Waals surface area contributed by atoms with Crippen molar-refractivity contribution >= 4 is 12.0 Å². The van der Waals surface area contributed by atoms with Gasteiger partial charge in [-0.05, 0) is 25.7 Å². The van der Waals surface area contributed by atoms with Crippen LogP contribution >= 0.6 is 0 Å². The Bertz CT molecular complexity index is 307. The number of ether oxygens (including phenoxy) is 1. The van der Waals surface area contributed by atoms with Crippen LogP contribution in [0.15, 0.2) is 0 Å². The minimum atomic E-state index is -0.359. The monoisotopic (exact) mass is 256 g/mol. The van der Waals surface area contributed by atoms with Gasteiger partial charge in [-0.25, -0.2) is 4.79 Å². The van der Waals surface area contributed by atoms with Gasteiger partial charge in [0.2, 0.25) is 5.91 Å². The van der Waals surface area contributed by atoms with Gasteiger partial charge in [-0.1, -0.05) is 13.8 Å². The van der Waals surface area contributed by atoms with Crippen molar-refractivity contribution in [3.05, 3.63) is 0 Å². The van der Waals surface area contributed by atoms with Gasteiger partial charge in [0.25, 0.3) is 0 Å². The molecule has 0 aromatic carbocycles. The number of nitrogens with one attached hydrogen (secondary N) is 1. The fraction of sp³-hybridized carbons (Fsp3) is 0.846. The van der Waals surface area contributed by atoms with E-state index in [4.69, 9.17) is 4.74 Å². The fourth-order valence-corrected chi connectivity index (χ4v) is 1.96. The van der Waals surface area contributed by atoms with Crippen molar-refractivity contribution in [3.63, 3.8) is 0 Å². The summed E-state index contributed by atoms with van der Waals surface area (Å²) in [4.78, 5) is 24.7. The number of hydrogen-bond donors (Lipinski definition) is 1. The molecule has 0 atom stereocenters. The summed E-state index contributed by atoms with van der Waals surface area (Å²) in [5, 5.41) is 2.91. The molecule has 18 heavy (non-hydrogen) atoms. The van der Waals surface area contributed by atoms with Gasteiger partial charge in [0, 0.05) is 25.6 Å². The fourth-order valence-electron chi connectivity index (χ4n) is 1.96. The lowest BCUT2D eigenvalue weighted by Gasteiger charge is -2.39. The van der Waals surface area contributed by atoms with Gasteiger partial charge in [0.1, 0.15) is 0 Å². The minimum absolute atomic E-state index is 0.0967. The van der Waals surface area contributed by atoms with Crippen LogP contribution in [0.3, 0.4) is 0 Å². The Hall–Kier alpha value is -1.26. The second-order valence-corrected chi connectivity index (χ2v) is 5.68. The van der Waals surface area contributed by atoms with Gasteiger partial charge in [-0.3, -0.25) is 4.79 Å². The number of rotatable bonds is 3. The maximum absolute atomic E-state index is 11.6. The van der Waals surface area contributed by atoms with Gasteiger partial charge in [-0.15, -0.1) is 0 Å². The molecule has 0 aliphatic carbocycles. The first-order valence-electron chi connectivity index (χ1n) is 6.53. The van der Waals surface area contributed by atoms with E-state index in [2.05, 4.69) is 5.32 Å². The first kappa shape index (κ1) is 14.8. The highest BCUT2D eigenvalue weighted by Gasteiger charge is 2.32. The van der Waals surface area contributed by atoms with E-state index in [0.717, 1.165) is 12.8 Å². The third-order valence-electron chi connectivity index (χ3n) is 3.26. The molecule has 1 saturated heterocycles. The maximum Gasteiger partial charge on any atom is 0.407 e. The largest absolute Gasteiger partial charge is 0.449 e. The molecule has 0 saturated carbocycles. The molecule has 5 nitrogen and oxygen atoms in total. The highest BCUT2D eigenvalue weighted by atomic mass is 16.5. The highest BCUT2D eigenvalue weighted by Crippen LogP contribution is 2.21. The Morgan fingerprint density at radius 1 is 1.33 bits per heavy atom. The smallest absolute Gasteiger partial charge is 0.407 e. The van der Waals surface area contributed by atoms with Crippen LogP contribution in [0.4, 0.5) is 4.79 Å². The van der Waals surface area contributed by atoms with Crippen LogP contribution < -0.4 is 5.32 Å². The molecule has 0 spiro atoms. The molecule has 1 rings (SSSR count). The molecule has 1 fully saturated rings. The van der Waals surface area contributed by atoms with E-state index < -0.39 is 0 Å². The number of nitrogens with zero attached hydrogens (tertiary/aromatic N) is 1. The number of amides is 2. The molecule has 1 N–H and O–H groups in total. The van der Waals surface area contributed by atoms with Crippen LogP contribution in [-0.4, -0.2) is 42.1 Å². The lowest BCUT2D eigenvalue weighted by Crippen LogP contribution is -2.54. The Labute approximate surface area is 109 Å². The molecular formula is C13H24N2O3. The molecule has 5 heteroatoms. The van der Waals surface area contributed by atoms with Crippen molar-refractivity contribution in [2.75, 3.05) is 19.7 Å². The number of likely N-dealkylation sites (tertiary alicyclic amines) is 1. The third kappa shape index (κ3) is 4.55. The third-order valence-corrected chi connectivity index (χ3v) is 3.26. The van der Waals surface area contributed by atoms with Gasteiger partial charge in [0.15, 0.2) is 0 Å². The number of alkyl carbamates (subject to hydrolysis) is 1. The van der Waals surface area contributed by atoms with E-state index in [0.29, 0.717) is 25.6 Å². The normalized spacial score (nSPS) is 18.6. The van der Waals surface area contributed by atoms with E-state index >= 15 is 0 Å². The number of hydrogen-bond acceptors (Lipinski definition) is 3. The lowest BCUT2D eigenvalue weighted by atomic mass is 9.90. The summed E-state index contributed by atoms with van der Waals surface area (Å²) in [7, 11) is 0. The second-order valence-electron chi connectivity index (χ2n) is 5.68. The Balaban J connectivity index is 2.38. The number of carbonyl (C=O) groups excluding carboxylic acids is 2. The Morgan fingerprint density at radius 3 is 2.33 bits per heavy atom. The van der Waals surface area contributed by atoms with E-state index in [9.17, 15) is 9.59 Å². The second kappa shape index (κ2) is 6.07. The van der Waals surface area contributed by atoms with Crippen LogP contribution in [0.5, 0.6) is 0 Å². The molecule has 1 aliphatic rings. The van der Waals surface area contributed by atoms with Crippen LogP contribution in [0.2, 0.25) is 0 Å². The molecule has 0 radical (unpaired) electrons. The van der Waals surface area contributed by atoms with Gasteiger partial charge >= 0.3 is 6.09 Å². The first-order chi connectivity index (χ1) is 8.32. The molecule has 1 aliphatic heterocycles. The van der Waals surface area contributed by atoms with Crippen molar-refractivity contribution in [1.82, 2.24) is 10.2 Å². The summed E-state index contributed by atoms with van der Waals surface area (Å²) in [5.41, 5.74) is -0.264. The van der Waals surface area contributed by atoms with Crippen LogP contribution in [0.25, 0.3) is 0 Å². The van der Waals surface area contributed by atoms with E-state index in [1.54, 1.807) is 6.92 Å². The zero-order valence-corrected chi connectivity index (χ0v) is 11.8. The van der Waals surface area contributed by atoms with Crippen molar-refractivity contribution in [2.45, 2.75) is 46.1 Å². The molecule has 0 unspecified atom stereocenters. The molecular weight excluding hydrogens is 232 g/mol. The zero-order chi connectivity index (χ0) is 13.8. The van der Waals surface area contributed by atoms with Gasteiger partial charge in [0.05, 0.1) is 6.61 Å². The Morgan fingerprint density at radius 2 is 1.89 bits per heavy atom. The van der Waals surface area contributed by atoms with Crippen LogP contribution in [0.1, 0.15) is 40.5 Å². The molecule has 104 valence electrons. The van der Waals surface area contributed by atoms with Crippen LogP contribution in [-0.2, 0) is 9.53 Å². The topological polar surface area (TPSA) is 58.6 Å². The first-order valence-corrected chi connectivity index (χ1v) is 6.53. The standard InChI is InChI=1S/C13H24N2O3/c1-10(2)9-18-12(17)14-13(4)5-7-15(8-6-13)11(3)16/h10H,5-9H2,1-4H3,(H,14,17). The summed E-state index contributed by atoms with van der Waals surface area (Å²) < 4.78 is 5.12.